The summed E-state index contributed by atoms with van der Waals surface area (Å²) in [5.41, 5.74) is 0.463. The normalized spacial score (nSPS) is 39.7. The van der Waals surface area contributed by atoms with Gasteiger partial charge in [0.25, 0.3) is 0 Å². The lowest BCUT2D eigenvalue weighted by Crippen LogP contribution is -2.59. The number of ether oxygens (including phenoxy) is 2. The first-order chi connectivity index (χ1) is 11.1. The van der Waals surface area contributed by atoms with Gasteiger partial charge in [0.2, 0.25) is 6.29 Å². The molecule has 0 unspecified atom stereocenters. The minimum Gasteiger partial charge on any atom is -0.429 e. The molecule has 0 spiro atoms. The number of carbonyl (C=O) groups excluding carboxylic acids is 1. The van der Waals surface area contributed by atoms with Crippen molar-refractivity contribution in [1.82, 2.24) is 0 Å². The van der Waals surface area contributed by atoms with Crippen LogP contribution in [-0.2, 0) is 14.3 Å². The summed E-state index contributed by atoms with van der Waals surface area (Å²) in [7, 11) is 0. The molecule has 1 saturated heterocycles. The third-order valence-electron chi connectivity index (χ3n) is 4.67. The first kappa shape index (κ1) is 19.3. The molecule has 0 aromatic rings. The lowest BCUT2D eigenvalue weighted by atomic mass is 9.71. The molecular weight excluding hydrogens is 320 g/mol. The van der Waals surface area contributed by atoms with Crippen molar-refractivity contribution in [1.29, 1.82) is 0 Å². The predicted molar refractivity (Wildman–Crippen MR) is 81.6 cm³/mol. The molecule has 24 heavy (non-hydrogen) atoms. The van der Waals surface area contributed by atoms with Crippen LogP contribution >= 0.6 is 0 Å². The molecular formula is C16H26O8. The molecule has 0 radical (unpaired) electrons. The predicted octanol–water partition coefficient (Wildman–Crippen LogP) is -1.17. The van der Waals surface area contributed by atoms with Crippen LogP contribution in [0, 0.1) is 5.41 Å². The summed E-state index contributed by atoms with van der Waals surface area (Å²) in [5, 5.41) is 48.5. The highest BCUT2D eigenvalue weighted by molar-refractivity contribution is 5.91. The minimum atomic E-state index is -1.63. The second kappa shape index (κ2) is 7.07. The van der Waals surface area contributed by atoms with E-state index in [0.717, 1.165) is 0 Å². The molecule has 1 heterocycles. The van der Waals surface area contributed by atoms with Gasteiger partial charge in [-0.1, -0.05) is 19.4 Å². The van der Waals surface area contributed by atoms with Crippen LogP contribution in [0.4, 0.5) is 0 Å². The van der Waals surface area contributed by atoms with E-state index in [4.69, 9.17) is 14.6 Å². The van der Waals surface area contributed by atoms with Gasteiger partial charge >= 0.3 is 5.97 Å². The lowest BCUT2D eigenvalue weighted by molar-refractivity contribution is -0.291. The molecule has 2 rings (SSSR count). The van der Waals surface area contributed by atoms with Crippen LogP contribution < -0.4 is 0 Å². The largest absolute Gasteiger partial charge is 0.429 e. The Labute approximate surface area is 140 Å². The smallest absolute Gasteiger partial charge is 0.336 e. The van der Waals surface area contributed by atoms with E-state index >= 15 is 0 Å². The van der Waals surface area contributed by atoms with Crippen LogP contribution in [0.3, 0.4) is 0 Å². The molecule has 1 fully saturated rings. The van der Waals surface area contributed by atoms with Crippen LogP contribution in [0.25, 0.3) is 0 Å². The maximum Gasteiger partial charge on any atom is 0.336 e. The Balaban J connectivity index is 2.18. The molecule has 1 aliphatic carbocycles. The molecule has 6 atom stereocenters. The Morgan fingerprint density at radius 1 is 1.21 bits per heavy atom. The monoisotopic (exact) mass is 346 g/mol. The Bertz CT molecular complexity index is 512. The van der Waals surface area contributed by atoms with Gasteiger partial charge in [-0.15, -0.1) is 0 Å². The van der Waals surface area contributed by atoms with Crippen LogP contribution in [0.2, 0.25) is 0 Å². The van der Waals surface area contributed by atoms with E-state index in [0.29, 0.717) is 24.0 Å². The third-order valence-corrected chi connectivity index (χ3v) is 4.67. The van der Waals surface area contributed by atoms with Gasteiger partial charge < -0.3 is 35.0 Å². The third kappa shape index (κ3) is 3.63. The molecule has 0 amide bonds. The topological polar surface area (TPSA) is 137 Å². The highest BCUT2D eigenvalue weighted by Gasteiger charge is 2.46. The van der Waals surface area contributed by atoms with Crippen molar-refractivity contribution in [2.24, 2.45) is 5.41 Å². The van der Waals surface area contributed by atoms with E-state index in [2.05, 4.69) is 0 Å². The minimum absolute atomic E-state index is 0.350. The second-order valence-corrected chi connectivity index (χ2v) is 7.20. The highest BCUT2D eigenvalue weighted by atomic mass is 16.7. The van der Waals surface area contributed by atoms with Gasteiger partial charge in [-0.3, -0.25) is 0 Å². The van der Waals surface area contributed by atoms with Gasteiger partial charge in [-0.05, 0) is 25.2 Å². The van der Waals surface area contributed by atoms with Gasteiger partial charge in [-0.2, -0.15) is 0 Å². The van der Waals surface area contributed by atoms with Crippen LogP contribution in [-0.4, -0.2) is 74.9 Å². The van der Waals surface area contributed by atoms with Crippen LogP contribution in [0.15, 0.2) is 11.1 Å². The average molecular weight is 346 g/mol. The van der Waals surface area contributed by atoms with Crippen LogP contribution in [0.1, 0.15) is 33.6 Å². The zero-order chi connectivity index (χ0) is 18.2. The van der Waals surface area contributed by atoms with Gasteiger partial charge in [-0.25, -0.2) is 4.79 Å². The number of carbonyl (C=O) groups is 1. The van der Waals surface area contributed by atoms with Crippen molar-refractivity contribution in [2.75, 3.05) is 6.61 Å². The van der Waals surface area contributed by atoms with Crippen molar-refractivity contribution in [3.05, 3.63) is 11.1 Å². The van der Waals surface area contributed by atoms with E-state index in [1.165, 1.54) is 0 Å². The Morgan fingerprint density at radius 2 is 1.83 bits per heavy atom. The zero-order valence-electron chi connectivity index (χ0n) is 14.0. The number of rotatable bonds is 3. The molecule has 5 N–H and O–H groups in total. The fourth-order valence-corrected chi connectivity index (χ4v) is 3.58. The number of esters is 1. The average Bonchev–Trinajstić information content (AvgIpc) is 2.45. The van der Waals surface area contributed by atoms with E-state index < -0.39 is 54.8 Å². The van der Waals surface area contributed by atoms with Gasteiger partial charge in [0.05, 0.1) is 12.7 Å². The van der Waals surface area contributed by atoms with Crippen LogP contribution in [0.5, 0.6) is 0 Å². The number of hydrogen-bond donors (Lipinski definition) is 5. The van der Waals surface area contributed by atoms with Gasteiger partial charge in [0.1, 0.15) is 24.4 Å². The lowest BCUT2D eigenvalue weighted by Gasteiger charge is -2.40. The van der Waals surface area contributed by atoms with Gasteiger partial charge in [0.15, 0.2) is 0 Å². The molecule has 0 aromatic carbocycles. The quantitative estimate of drug-likeness (QED) is 0.403. The standard InChI is InChI=1S/C16H26O8/c1-7-4-8(18)5-16(2,3)10(7)14(22)24-15-13(21)12(20)11(19)9(6-17)23-15/h8-9,11-13,15,17-21H,4-6H2,1-3H3/t8-,9-,11-,12+,13-,15+/m1/s1. The second-order valence-electron chi connectivity index (χ2n) is 7.20. The first-order valence-corrected chi connectivity index (χ1v) is 7.98. The summed E-state index contributed by atoms with van der Waals surface area (Å²) in [6, 6.07) is 0. The number of aliphatic hydroxyl groups is 5. The Morgan fingerprint density at radius 3 is 2.38 bits per heavy atom. The Hall–Kier alpha value is -1.03. The molecule has 8 nitrogen and oxygen atoms in total. The van der Waals surface area contributed by atoms with E-state index in [1.807, 2.05) is 13.8 Å². The summed E-state index contributed by atoms with van der Waals surface area (Å²) in [6.07, 6.45) is -7.19. The first-order valence-electron chi connectivity index (χ1n) is 7.98. The van der Waals surface area contributed by atoms with E-state index in [-0.39, 0.29) is 0 Å². The molecule has 0 saturated carbocycles. The molecule has 0 bridgehead atoms. The van der Waals surface area contributed by atoms with Crippen molar-refractivity contribution < 1.29 is 39.8 Å². The molecule has 0 aromatic heterocycles. The molecule has 2 aliphatic rings. The Kier molecular flexibility index (Phi) is 5.68. The summed E-state index contributed by atoms with van der Waals surface area (Å²) in [4.78, 5) is 12.6. The maximum absolute atomic E-state index is 12.6. The SMILES string of the molecule is CC1=C(C(=O)O[C@@H]2O[C@H](CO)[C@@H](O)[C@H](O)[C@H]2O)C(C)(C)C[C@H](O)C1. The fourth-order valence-electron chi connectivity index (χ4n) is 3.58. The summed E-state index contributed by atoms with van der Waals surface area (Å²) >= 11 is 0. The summed E-state index contributed by atoms with van der Waals surface area (Å²) in [5.74, 6) is -0.714. The van der Waals surface area contributed by atoms with E-state index in [9.17, 15) is 25.2 Å². The molecule has 138 valence electrons. The van der Waals surface area contributed by atoms with Gasteiger partial charge in [0, 0.05) is 5.57 Å². The van der Waals surface area contributed by atoms with Crippen molar-refractivity contribution in [2.45, 2.75) is 70.4 Å². The number of hydrogen-bond acceptors (Lipinski definition) is 8. The number of aliphatic hydroxyl groups excluding tert-OH is 5. The van der Waals surface area contributed by atoms with E-state index in [1.54, 1.807) is 6.92 Å². The van der Waals surface area contributed by atoms with Crippen molar-refractivity contribution in [3.8, 4) is 0 Å². The maximum atomic E-state index is 12.6. The fraction of sp³-hybridized carbons (Fsp3) is 0.812. The molecule has 8 heteroatoms. The van der Waals surface area contributed by atoms with Crippen molar-refractivity contribution >= 4 is 5.97 Å². The highest BCUT2D eigenvalue weighted by Crippen LogP contribution is 2.41. The van der Waals surface area contributed by atoms with Crippen molar-refractivity contribution in [3.63, 3.8) is 0 Å². The summed E-state index contributed by atoms with van der Waals surface area (Å²) < 4.78 is 10.4. The zero-order valence-corrected chi connectivity index (χ0v) is 14.0. The molecule has 1 aliphatic heterocycles. The summed E-state index contributed by atoms with van der Waals surface area (Å²) in [6.45, 7) is 4.75.